The lowest BCUT2D eigenvalue weighted by atomic mass is 9.99. The molecule has 1 fully saturated rings. The van der Waals surface area contributed by atoms with Crippen LogP contribution in [-0.4, -0.2) is 20.6 Å². The number of rotatable bonds is 7. The monoisotopic (exact) mass is 484 g/mol. The number of aliphatic hydroxyl groups excluding tert-OH is 1. The molecule has 2 heterocycles. The van der Waals surface area contributed by atoms with Crippen molar-refractivity contribution in [3.8, 4) is 11.1 Å². The summed E-state index contributed by atoms with van der Waals surface area (Å²) >= 11 is 0. The van der Waals surface area contributed by atoms with Crippen molar-refractivity contribution in [2.24, 2.45) is 7.05 Å². The van der Waals surface area contributed by atoms with Gasteiger partial charge in [-0.1, -0.05) is 30.3 Å². The molecule has 5 rings (SSSR count). The van der Waals surface area contributed by atoms with Gasteiger partial charge >= 0.3 is 0 Å². The Morgan fingerprint density at radius 1 is 1.08 bits per heavy atom. The van der Waals surface area contributed by atoms with Gasteiger partial charge in [0.25, 0.3) is 11.5 Å². The second-order valence-electron chi connectivity index (χ2n) is 8.89. The molecule has 2 aromatic heterocycles. The molecule has 0 aliphatic heterocycles. The van der Waals surface area contributed by atoms with Crippen molar-refractivity contribution in [2.75, 3.05) is 10.6 Å². The lowest BCUT2D eigenvalue weighted by molar-refractivity contribution is 0.102. The van der Waals surface area contributed by atoms with E-state index in [0.29, 0.717) is 57.9 Å². The molecule has 8 heteroatoms. The predicted molar refractivity (Wildman–Crippen MR) is 137 cm³/mol. The molecule has 3 N–H and O–H groups in total. The summed E-state index contributed by atoms with van der Waals surface area (Å²) in [4.78, 5) is 29.8. The molecule has 1 aliphatic carbocycles. The lowest BCUT2D eigenvalue weighted by Gasteiger charge is -2.16. The average molecular weight is 485 g/mol. The Balaban J connectivity index is 1.45. The van der Waals surface area contributed by atoms with E-state index in [4.69, 9.17) is 0 Å². The number of aliphatic hydroxyl groups is 1. The zero-order valence-electron chi connectivity index (χ0n) is 19.7. The fourth-order valence-electron chi connectivity index (χ4n) is 4.18. The van der Waals surface area contributed by atoms with Gasteiger partial charge in [0, 0.05) is 41.8 Å². The predicted octanol–water partition coefficient (Wildman–Crippen LogP) is 4.89. The van der Waals surface area contributed by atoms with Crippen molar-refractivity contribution in [2.45, 2.75) is 25.1 Å². The maximum atomic E-state index is 14.3. The zero-order chi connectivity index (χ0) is 25.3. The first kappa shape index (κ1) is 23.4. The van der Waals surface area contributed by atoms with Gasteiger partial charge in [-0.25, -0.2) is 9.37 Å². The van der Waals surface area contributed by atoms with Gasteiger partial charge in [0.05, 0.1) is 6.61 Å². The van der Waals surface area contributed by atoms with E-state index in [2.05, 4.69) is 15.6 Å². The second kappa shape index (κ2) is 9.39. The number of nitrogens with zero attached hydrogens (tertiary/aromatic N) is 2. The number of hydrogen-bond acceptors (Lipinski definition) is 5. The number of carbonyl (C=O) groups is 1. The number of aryl methyl sites for hydroxylation is 1. The van der Waals surface area contributed by atoms with Gasteiger partial charge in [0.2, 0.25) is 0 Å². The Labute approximate surface area is 207 Å². The molecule has 182 valence electrons. The highest BCUT2D eigenvalue weighted by molar-refractivity contribution is 6.05. The van der Waals surface area contributed by atoms with E-state index in [1.165, 1.54) is 4.57 Å². The summed E-state index contributed by atoms with van der Waals surface area (Å²) in [6.07, 6.45) is 4.32. The fraction of sp³-hybridized carbons (Fsp3) is 0.179. The van der Waals surface area contributed by atoms with E-state index in [9.17, 15) is 19.1 Å². The largest absolute Gasteiger partial charge is 0.392 e. The van der Waals surface area contributed by atoms with Crippen LogP contribution in [0.4, 0.5) is 21.6 Å². The zero-order valence-corrected chi connectivity index (χ0v) is 19.7. The number of amides is 1. The first-order chi connectivity index (χ1) is 17.4. The maximum Gasteiger partial charge on any atom is 0.274 e. The number of hydrogen-bond donors (Lipinski definition) is 3. The van der Waals surface area contributed by atoms with Crippen LogP contribution in [0.3, 0.4) is 0 Å². The highest BCUT2D eigenvalue weighted by Crippen LogP contribution is 2.49. The quantitative estimate of drug-likeness (QED) is 0.347. The van der Waals surface area contributed by atoms with Gasteiger partial charge < -0.3 is 20.3 Å². The molecule has 0 unspecified atom stereocenters. The average Bonchev–Trinajstić information content (AvgIpc) is 3.65. The number of halogens is 1. The van der Waals surface area contributed by atoms with E-state index in [1.54, 1.807) is 74.0 Å². The normalized spacial score (nSPS) is 13.8. The van der Waals surface area contributed by atoms with Crippen LogP contribution in [-0.2, 0) is 19.3 Å². The number of anilines is 3. The number of pyridine rings is 2. The molecule has 0 spiro atoms. The number of carbonyl (C=O) groups excluding carboxylic acids is 1. The first-order valence-corrected chi connectivity index (χ1v) is 11.6. The number of aromatic nitrogens is 2. The Bertz CT molecular complexity index is 1480. The van der Waals surface area contributed by atoms with Crippen LogP contribution in [0.15, 0.2) is 83.9 Å². The summed E-state index contributed by atoms with van der Waals surface area (Å²) < 4.78 is 15.7. The van der Waals surface area contributed by atoms with Crippen molar-refractivity contribution in [3.63, 3.8) is 0 Å². The van der Waals surface area contributed by atoms with Crippen LogP contribution >= 0.6 is 0 Å². The van der Waals surface area contributed by atoms with Crippen LogP contribution in [0, 0.1) is 0 Å². The number of alkyl halides is 1. The van der Waals surface area contributed by atoms with Crippen LogP contribution < -0.4 is 16.2 Å². The molecular formula is C28H25FN4O3. The van der Waals surface area contributed by atoms with Gasteiger partial charge in [-0.15, -0.1) is 0 Å². The molecule has 1 saturated carbocycles. The van der Waals surface area contributed by atoms with Crippen molar-refractivity contribution < 1.29 is 14.3 Å². The Morgan fingerprint density at radius 3 is 2.53 bits per heavy atom. The Morgan fingerprint density at radius 2 is 1.86 bits per heavy atom. The minimum atomic E-state index is -1.26. The summed E-state index contributed by atoms with van der Waals surface area (Å²) in [5.74, 6) is 0.164. The summed E-state index contributed by atoms with van der Waals surface area (Å²) in [5.41, 5.74) is 2.11. The first-order valence-electron chi connectivity index (χ1n) is 11.6. The highest BCUT2D eigenvalue weighted by Gasteiger charge is 2.44. The van der Waals surface area contributed by atoms with E-state index < -0.39 is 5.67 Å². The molecule has 0 radical (unpaired) electrons. The molecule has 7 nitrogen and oxygen atoms in total. The molecule has 1 aliphatic rings. The third-order valence-corrected chi connectivity index (χ3v) is 6.36. The topological polar surface area (TPSA) is 96.2 Å². The number of benzene rings is 2. The van der Waals surface area contributed by atoms with Gasteiger partial charge in [0.15, 0.2) is 0 Å². The third kappa shape index (κ3) is 4.63. The minimum absolute atomic E-state index is 0.232. The molecule has 0 saturated heterocycles. The smallest absolute Gasteiger partial charge is 0.274 e. The summed E-state index contributed by atoms with van der Waals surface area (Å²) in [6, 6.07) is 18.8. The van der Waals surface area contributed by atoms with Crippen molar-refractivity contribution >= 4 is 23.1 Å². The van der Waals surface area contributed by atoms with Gasteiger partial charge in [-0.2, -0.15) is 0 Å². The molecule has 4 aromatic rings. The van der Waals surface area contributed by atoms with Crippen molar-refractivity contribution in [1.82, 2.24) is 9.55 Å². The molecule has 36 heavy (non-hydrogen) atoms. The standard InChI is InChI=1S/C28H25FN4O3/c1-33-16-19(15-24(27(33)36)31-25-7-2-3-14-30-25)21-5-4-6-23(22(21)17-34)32-26(35)18-8-10-20(11-9-18)28(29)12-13-28/h2-11,14-16,34H,12-13,17H2,1H3,(H,30,31)(H,32,35). The van der Waals surface area contributed by atoms with Crippen molar-refractivity contribution in [1.29, 1.82) is 0 Å². The number of nitrogens with one attached hydrogen (secondary N) is 2. The van der Waals surface area contributed by atoms with E-state index in [-0.39, 0.29) is 18.1 Å². The Hall–Kier alpha value is -4.30. The Kier molecular flexibility index (Phi) is 6.12. The van der Waals surface area contributed by atoms with Gasteiger partial charge in [0.1, 0.15) is 17.2 Å². The van der Waals surface area contributed by atoms with Crippen LogP contribution in [0.1, 0.15) is 34.3 Å². The van der Waals surface area contributed by atoms with E-state index in [0.717, 1.165) is 0 Å². The van der Waals surface area contributed by atoms with Crippen LogP contribution in [0.5, 0.6) is 0 Å². The van der Waals surface area contributed by atoms with E-state index in [1.807, 2.05) is 12.1 Å². The SMILES string of the molecule is Cn1cc(-c2cccc(NC(=O)c3ccc(C4(F)CC4)cc3)c2CO)cc(Nc2ccccn2)c1=O. The third-order valence-electron chi connectivity index (χ3n) is 6.36. The fourth-order valence-corrected chi connectivity index (χ4v) is 4.18. The van der Waals surface area contributed by atoms with E-state index >= 15 is 0 Å². The van der Waals surface area contributed by atoms with Crippen LogP contribution in [0.2, 0.25) is 0 Å². The van der Waals surface area contributed by atoms with Crippen molar-refractivity contribution in [3.05, 3.63) is 106 Å². The summed E-state index contributed by atoms with van der Waals surface area (Å²) in [7, 11) is 1.65. The summed E-state index contributed by atoms with van der Waals surface area (Å²) in [5, 5.41) is 16.1. The summed E-state index contributed by atoms with van der Waals surface area (Å²) in [6.45, 7) is -0.332. The van der Waals surface area contributed by atoms with Gasteiger partial charge in [-0.05, 0) is 60.4 Å². The maximum absolute atomic E-state index is 14.3. The highest BCUT2D eigenvalue weighted by atomic mass is 19.1. The molecular weight excluding hydrogens is 459 g/mol. The minimum Gasteiger partial charge on any atom is -0.392 e. The molecule has 1 amide bonds. The second-order valence-corrected chi connectivity index (χ2v) is 8.89. The van der Waals surface area contributed by atoms with Crippen LogP contribution in [0.25, 0.3) is 11.1 Å². The molecule has 0 bridgehead atoms. The molecule has 2 aromatic carbocycles. The van der Waals surface area contributed by atoms with Gasteiger partial charge in [-0.3, -0.25) is 9.59 Å². The lowest BCUT2D eigenvalue weighted by Crippen LogP contribution is -2.20. The molecule has 0 atom stereocenters.